The quantitative estimate of drug-likeness (QED) is 0.666. The zero-order chi connectivity index (χ0) is 9.26. The lowest BCUT2D eigenvalue weighted by Crippen LogP contribution is -2.03. The maximum Gasteiger partial charge on any atom is 0.290 e. The van der Waals surface area contributed by atoms with Gasteiger partial charge in [0.05, 0.1) is 0 Å². The van der Waals surface area contributed by atoms with Crippen LogP contribution in [0.25, 0.3) is 5.78 Å². The maximum atomic E-state index is 4.03. The summed E-state index contributed by atoms with van der Waals surface area (Å²) < 4.78 is 1.63. The molecule has 0 aliphatic carbocycles. The van der Waals surface area contributed by atoms with Crippen molar-refractivity contribution in [3.05, 3.63) is 12.2 Å². The van der Waals surface area contributed by atoms with Gasteiger partial charge < -0.3 is 0 Å². The van der Waals surface area contributed by atoms with E-state index in [4.69, 9.17) is 0 Å². The van der Waals surface area contributed by atoms with E-state index in [2.05, 4.69) is 39.3 Å². The minimum absolute atomic E-state index is 0.340. The Balaban J connectivity index is 2.57. The van der Waals surface area contributed by atoms with E-state index in [1.807, 2.05) is 0 Å². The summed E-state index contributed by atoms with van der Waals surface area (Å²) in [7, 11) is 0. The molecule has 0 N–H and O–H groups in total. The molecule has 2 aromatic rings. The molecule has 2 aromatic heterocycles. The summed E-state index contributed by atoms with van der Waals surface area (Å²) in [5.41, 5.74) is 0. The molecule has 0 spiro atoms. The average Bonchev–Trinajstić information content (AvgIpc) is 2.60. The first-order valence-electron chi connectivity index (χ1n) is 4.22. The molecule has 6 heteroatoms. The van der Waals surface area contributed by atoms with Crippen molar-refractivity contribution < 1.29 is 0 Å². The highest BCUT2D eigenvalue weighted by molar-refractivity contribution is 5.22. The third kappa shape index (κ3) is 1.24. The fourth-order valence-corrected chi connectivity index (χ4v) is 1.10. The third-order valence-electron chi connectivity index (χ3n) is 2.07. The highest BCUT2D eigenvalue weighted by Crippen LogP contribution is 2.14. The van der Waals surface area contributed by atoms with Gasteiger partial charge in [0.2, 0.25) is 0 Å². The predicted octanol–water partition coefficient (Wildman–Crippen LogP) is 0.428. The van der Waals surface area contributed by atoms with Crippen LogP contribution in [0.3, 0.4) is 0 Å². The van der Waals surface area contributed by atoms with Gasteiger partial charge in [0.15, 0.2) is 12.2 Å². The fraction of sp³-hybridized carbons (Fsp3) is 0.571. The Morgan fingerprint density at radius 1 is 1.38 bits per heavy atom. The molecule has 13 heavy (non-hydrogen) atoms. The van der Waals surface area contributed by atoms with Crippen LogP contribution in [0.5, 0.6) is 0 Å². The summed E-state index contributed by atoms with van der Waals surface area (Å²) in [6, 6.07) is 0. The van der Waals surface area contributed by atoms with Gasteiger partial charge in [-0.25, -0.2) is 0 Å². The normalized spacial score (nSPS) is 13.4. The SMILES string of the molecule is CCC(C)c1nnc2nncnn12. The fourth-order valence-electron chi connectivity index (χ4n) is 1.10. The molecule has 68 valence electrons. The molecule has 0 saturated heterocycles. The van der Waals surface area contributed by atoms with Crippen LogP contribution < -0.4 is 0 Å². The Kier molecular flexibility index (Phi) is 1.88. The van der Waals surface area contributed by atoms with Gasteiger partial charge in [0, 0.05) is 5.92 Å². The molecule has 1 atom stereocenters. The number of fused-ring (bicyclic) bond motifs is 1. The molecule has 6 nitrogen and oxygen atoms in total. The Hall–Kier alpha value is -1.59. The van der Waals surface area contributed by atoms with Crippen LogP contribution in [-0.2, 0) is 0 Å². The Morgan fingerprint density at radius 2 is 2.23 bits per heavy atom. The highest BCUT2D eigenvalue weighted by Gasteiger charge is 2.12. The van der Waals surface area contributed by atoms with Gasteiger partial charge in [-0.2, -0.15) is 4.52 Å². The van der Waals surface area contributed by atoms with Crippen molar-refractivity contribution in [2.45, 2.75) is 26.2 Å². The standard InChI is InChI=1S/C7H10N6/c1-3-5(2)6-10-12-7-11-8-4-9-13(6)7/h4-5H,3H2,1-2H3. The van der Waals surface area contributed by atoms with Gasteiger partial charge in [0.1, 0.15) is 0 Å². The van der Waals surface area contributed by atoms with Crippen LogP contribution in [0, 0.1) is 0 Å². The van der Waals surface area contributed by atoms with E-state index in [1.54, 1.807) is 4.52 Å². The van der Waals surface area contributed by atoms with Crippen molar-refractivity contribution in [2.75, 3.05) is 0 Å². The second-order valence-electron chi connectivity index (χ2n) is 2.93. The summed E-state index contributed by atoms with van der Waals surface area (Å²) in [4.78, 5) is 0. The zero-order valence-corrected chi connectivity index (χ0v) is 7.55. The molecule has 0 aromatic carbocycles. The van der Waals surface area contributed by atoms with E-state index < -0.39 is 0 Å². The van der Waals surface area contributed by atoms with E-state index >= 15 is 0 Å². The van der Waals surface area contributed by atoms with E-state index in [0.29, 0.717) is 11.7 Å². The lowest BCUT2D eigenvalue weighted by atomic mass is 10.1. The van der Waals surface area contributed by atoms with Crippen LogP contribution in [0.15, 0.2) is 6.33 Å². The monoisotopic (exact) mass is 178 g/mol. The largest absolute Gasteiger partial charge is 0.290 e. The van der Waals surface area contributed by atoms with Gasteiger partial charge in [-0.1, -0.05) is 13.8 Å². The first-order valence-corrected chi connectivity index (χ1v) is 4.22. The van der Waals surface area contributed by atoms with Crippen molar-refractivity contribution in [1.82, 2.24) is 30.0 Å². The minimum Gasteiger partial charge on any atom is -0.178 e. The molecule has 0 aliphatic rings. The molecule has 0 fully saturated rings. The van der Waals surface area contributed by atoms with Crippen LogP contribution in [0.4, 0.5) is 0 Å². The van der Waals surface area contributed by atoms with Crippen LogP contribution in [0.2, 0.25) is 0 Å². The first-order chi connectivity index (χ1) is 6.33. The molecule has 0 radical (unpaired) electrons. The maximum absolute atomic E-state index is 4.03. The summed E-state index contributed by atoms with van der Waals surface area (Å²) >= 11 is 0. The van der Waals surface area contributed by atoms with Crippen molar-refractivity contribution >= 4 is 5.78 Å². The van der Waals surface area contributed by atoms with Gasteiger partial charge in [0.25, 0.3) is 5.78 Å². The molecular formula is C7H10N6. The van der Waals surface area contributed by atoms with Crippen LogP contribution in [-0.4, -0.2) is 30.0 Å². The molecule has 2 rings (SSSR count). The first kappa shape index (κ1) is 8.03. The molecular weight excluding hydrogens is 168 g/mol. The van der Waals surface area contributed by atoms with Crippen molar-refractivity contribution in [3.63, 3.8) is 0 Å². The minimum atomic E-state index is 0.340. The second kappa shape index (κ2) is 3.04. The molecule has 2 heterocycles. The summed E-state index contributed by atoms with van der Waals surface area (Å²) in [5, 5.41) is 19.3. The Morgan fingerprint density at radius 3 is 3.00 bits per heavy atom. The summed E-state index contributed by atoms with van der Waals surface area (Å²) in [6.07, 6.45) is 2.40. The number of hydrogen-bond acceptors (Lipinski definition) is 5. The molecule has 1 unspecified atom stereocenters. The molecule has 0 saturated carbocycles. The predicted molar refractivity (Wildman–Crippen MR) is 45.1 cm³/mol. The van der Waals surface area contributed by atoms with Crippen molar-refractivity contribution in [3.8, 4) is 0 Å². The Labute approximate surface area is 75.0 Å². The Bertz CT molecular complexity index is 408. The van der Waals surface area contributed by atoms with E-state index in [9.17, 15) is 0 Å². The summed E-state index contributed by atoms with van der Waals surface area (Å²) in [5.74, 6) is 1.64. The zero-order valence-electron chi connectivity index (χ0n) is 7.55. The second-order valence-corrected chi connectivity index (χ2v) is 2.93. The smallest absolute Gasteiger partial charge is 0.178 e. The number of hydrogen-bond donors (Lipinski definition) is 0. The topological polar surface area (TPSA) is 68.9 Å². The summed E-state index contributed by atoms with van der Waals surface area (Å²) in [6.45, 7) is 4.18. The third-order valence-corrected chi connectivity index (χ3v) is 2.07. The molecule has 0 amide bonds. The number of rotatable bonds is 2. The molecule has 0 aliphatic heterocycles. The average molecular weight is 178 g/mol. The van der Waals surface area contributed by atoms with E-state index in [-0.39, 0.29) is 0 Å². The van der Waals surface area contributed by atoms with Gasteiger partial charge >= 0.3 is 0 Å². The van der Waals surface area contributed by atoms with Crippen LogP contribution in [0.1, 0.15) is 32.0 Å². The van der Waals surface area contributed by atoms with E-state index in [1.165, 1.54) is 6.33 Å². The van der Waals surface area contributed by atoms with Crippen molar-refractivity contribution in [2.24, 2.45) is 0 Å². The highest BCUT2D eigenvalue weighted by atomic mass is 15.4. The lowest BCUT2D eigenvalue weighted by Gasteiger charge is -2.02. The van der Waals surface area contributed by atoms with E-state index in [0.717, 1.165) is 12.2 Å². The molecule has 0 bridgehead atoms. The van der Waals surface area contributed by atoms with Gasteiger partial charge in [-0.3, -0.25) is 0 Å². The number of aromatic nitrogens is 6. The van der Waals surface area contributed by atoms with Gasteiger partial charge in [-0.05, 0) is 6.42 Å². The van der Waals surface area contributed by atoms with Gasteiger partial charge in [-0.15, -0.1) is 25.5 Å². The van der Waals surface area contributed by atoms with Crippen LogP contribution >= 0.6 is 0 Å². The number of nitrogens with zero attached hydrogens (tertiary/aromatic N) is 6. The van der Waals surface area contributed by atoms with Crippen molar-refractivity contribution in [1.29, 1.82) is 0 Å². The lowest BCUT2D eigenvalue weighted by molar-refractivity contribution is 0.641.